The Morgan fingerprint density at radius 1 is 1.11 bits per heavy atom. The Labute approximate surface area is 162 Å². The first-order valence-corrected chi connectivity index (χ1v) is 9.49. The summed E-state index contributed by atoms with van der Waals surface area (Å²) in [6.07, 6.45) is 0. The number of ether oxygens (including phenoxy) is 2. The van der Waals surface area contributed by atoms with Crippen LogP contribution >= 0.6 is 11.3 Å². The second-order valence-electron chi connectivity index (χ2n) is 6.34. The number of benzene rings is 1. The van der Waals surface area contributed by atoms with Gasteiger partial charge >= 0.3 is 0 Å². The molecule has 0 fully saturated rings. The minimum atomic E-state index is -0.0223. The summed E-state index contributed by atoms with van der Waals surface area (Å²) in [5.74, 6) is 2.23. The summed E-state index contributed by atoms with van der Waals surface area (Å²) < 4.78 is 10.8. The summed E-state index contributed by atoms with van der Waals surface area (Å²) in [5.41, 5.74) is 1.86. The third kappa shape index (κ3) is 4.03. The van der Waals surface area contributed by atoms with Crippen LogP contribution in [0.1, 0.15) is 26.8 Å². The van der Waals surface area contributed by atoms with E-state index in [1.165, 1.54) is 11.3 Å². The zero-order chi connectivity index (χ0) is 19.6. The fraction of sp³-hybridized carbons (Fsp3) is 0.350. The van der Waals surface area contributed by atoms with Crippen molar-refractivity contribution in [3.05, 3.63) is 46.2 Å². The minimum Gasteiger partial charge on any atom is -0.497 e. The Hall–Kier alpha value is -2.67. The molecule has 142 valence electrons. The molecule has 2 heterocycles. The molecule has 3 aromatic rings. The molecular weight excluding hydrogens is 362 g/mol. The lowest BCUT2D eigenvalue weighted by Crippen LogP contribution is -2.30. The van der Waals surface area contributed by atoms with Crippen LogP contribution in [0.3, 0.4) is 0 Å². The lowest BCUT2D eigenvalue weighted by Gasteiger charge is -2.17. The first kappa shape index (κ1) is 19.1. The fourth-order valence-corrected chi connectivity index (χ4v) is 4.20. The number of nitrogens with zero attached hydrogens (tertiary/aromatic N) is 3. The van der Waals surface area contributed by atoms with E-state index < -0.39 is 0 Å². The van der Waals surface area contributed by atoms with Gasteiger partial charge in [-0.2, -0.15) is 0 Å². The highest BCUT2D eigenvalue weighted by atomic mass is 32.1. The topological polar surface area (TPSA) is 64.6 Å². The average molecular weight is 385 g/mol. The molecule has 0 radical (unpaired) electrons. The highest BCUT2D eigenvalue weighted by molar-refractivity contribution is 7.20. The molecule has 0 atom stereocenters. The molecule has 0 N–H and O–H groups in total. The Bertz CT molecular complexity index is 967. The molecule has 3 rings (SSSR count). The summed E-state index contributed by atoms with van der Waals surface area (Å²) in [6.45, 7) is 6.68. The number of methoxy groups -OCH3 is 1. The van der Waals surface area contributed by atoms with Gasteiger partial charge in [0.05, 0.1) is 18.5 Å². The number of aromatic nitrogens is 2. The highest BCUT2D eigenvalue weighted by Gasteiger charge is 2.21. The van der Waals surface area contributed by atoms with Crippen LogP contribution in [0.15, 0.2) is 24.3 Å². The van der Waals surface area contributed by atoms with Crippen LogP contribution in [0, 0.1) is 20.8 Å². The van der Waals surface area contributed by atoms with Gasteiger partial charge in [0.15, 0.2) is 0 Å². The van der Waals surface area contributed by atoms with Crippen molar-refractivity contribution in [3.8, 4) is 11.5 Å². The second kappa shape index (κ2) is 7.92. The van der Waals surface area contributed by atoms with Crippen LogP contribution in [-0.4, -0.2) is 48.1 Å². The van der Waals surface area contributed by atoms with E-state index in [0.29, 0.717) is 18.0 Å². The Morgan fingerprint density at radius 2 is 1.78 bits per heavy atom. The van der Waals surface area contributed by atoms with Crippen LogP contribution < -0.4 is 9.47 Å². The van der Waals surface area contributed by atoms with Crippen molar-refractivity contribution in [2.75, 3.05) is 27.3 Å². The van der Waals surface area contributed by atoms with Crippen molar-refractivity contribution >= 4 is 27.5 Å². The first-order chi connectivity index (χ1) is 12.9. The third-order valence-corrected chi connectivity index (χ3v) is 5.55. The standard InChI is InChI=1S/C20H23N3O3S/c1-12-17-13(2)21-14(3)22-19(17)27-18(12)20(24)23(4)10-11-26-16-8-6-15(25-5)7-9-16/h6-9H,10-11H2,1-5H3. The number of hydrogen-bond donors (Lipinski definition) is 0. The average Bonchev–Trinajstić information content (AvgIpc) is 2.98. The van der Waals surface area contributed by atoms with Gasteiger partial charge in [0, 0.05) is 18.1 Å². The second-order valence-corrected chi connectivity index (χ2v) is 7.34. The van der Waals surface area contributed by atoms with E-state index in [-0.39, 0.29) is 5.91 Å². The monoisotopic (exact) mass is 385 g/mol. The zero-order valence-corrected chi connectivity index (χ0v) is 17.0. The Morgan fingerprint density at radius 3 is 2.44 bits per heavy atom. The first-order valence-electron chi connectivity index (χ1n) is 8.67. The number of thiophene rings is 1. The van der Waals surface area contributed by atoms with Gasteiger partial charge in [0.1, 0.15) is 28.8 Å². The van der Waals surface area contributed by atoms with Crippen molar-refractivity contribution in [1.82, 2.24) is 14.9 Å². The molecule has 6 nitrogen and oxygen atoms in total. The number of aryl methyl sites for hydroxylation is 3. The Balaban J connectivity index is 1.67. The van der Waals surface area contributed by atoms with Gasteiger partial charge < -0.3 is 14.4 Å². The smallest absolute Gasteiger partial charge is 0.264 e. The maximum absolute atomic E-state index is 12.9. The molecule has 1 aromatic carbocycles. The lowest BCUT2D eigenvalue weighted by molar-refractivity contribution is 0.0778. The van der Waals surface area contributed by atoms with Crippen molar-refractivity contribution in [2.45, 2.75) is 20.8 Å². The lowest BCUT2D eigenvalue weighted by atomic mass is 10.1. The molecule has 0 spiro atoms. The molecule has 0 saturated heterocycles. The number of fused-ring (bicyclic) bond motifs is 1. The van der Waals surface area contributed by atoms with E-state index >= 15 is 0 Å². The molecule has 2 aromatic heterocycles. The number of hydrogen-bond acceptors (Lipinski definition) is 6. The van der Waals surface area contributed by atoms with E-state index in [2.05, 4.69) is 9.97 Å². The molecule has 1 amide bonds. The van der Waals surface area contributed by atoms with Crippen LogP contribution in [0.5, 0.6) is 11.5 Å². The summed E-state index contributed by atoms with van der Waals surface area (Å²) >= 11 is 1.43. The van der Waals surface area contributed by atoms with E-state index in [1.54, 1.807) is 19.1 Å². The van der Waals surface area contributed by atoms with Gasteiger partial charge in [-0.05, 0) is 50.6 Å². The molecule has 0 saturated carbocycles. The van der Waals surface area contributed by atoms with Gasteiger partial charge in [-0.1, -0.05) is 0 Å². The molecule has 0 aliphatic heterocycles. The van der Waals surface area contributed by atoms with Gasteiger partial charge in [-0.15, -0.1) is 11.3 Å². The van der Waals surface area contributed by atoms with E-state index in [4.69, 9.17) is 9.47 Å². The van der Waals surface area contributed by atoms with Gasteiger partial charge in [-0.3, -0.25) is 4.79 Å². The molecule has 0 aliphatic rings. The summed E-state index contributed by atoms with van der Waals surface area (Å²) in [5, 5.41) is 0.983. The number of carbonyl (C=O) groups is 1. The predicted octanol–water partition coefficient (Wildman–Crippen LogP) is 3.78. The summed E-state index contributed by atoms with van der Waals surface area (Å²) in [6, 6.07) is 7.38. The molecule has 0 unspecified atom stereocenters. The Kier molecular flexibility index (Phi) is 5.60. The van der Waals surface area contributed by atoms with Crippen LogP contribution in [0.25, 0.3) is 10.2 Å². The summed E-state index contributed by atoms with van der Waals surface area (Å²) in [4.78, 5) is 25.0. The largest absolute Gasteiger partial charge is 0.497 e. The molecular formula is C20H23N3O3S. The van der Waals surface area contributed by atoms with Crippen LogP contribution in [0.2, 0.25) is 0 Å². The number of likely N-dealkylation sites (N-methyl/N-ethyl adjacent to an activating group) is 1. The summed E-state index contributed by atoms with van der Waals surface area (Å²) in [7, 11) is 3.41. The molecule has 0 aliphatic carbocycles. The number of carbonyl (C=O) groups excluding carboxylic acids is 1. The number of amides is 1. The molecule has 7 heteroatoms. The van der Waals surface area contributed by atoms with Crippen molar-refractivity contribution in [3.63, 3.8) is 0 Å². The van der Waals surface area contributed by atoms with Gasteiger partial charge in [-0.25, -0.2) is 9.97 Å². The van der Waals surface area contributed by atoms with Gasteiger partial charge in [0.25, 0.3) is 5.91 Å². The van der Waals surface area contributed by atoms with E-state index in [0.717, 1.165) is 38.8 Å². The molecule has 27 heavy (non-hydrogen) atoms. The fourth-order valence-electron chi connectivity index (χ4n) is 2.92. The van der Waals surface area contributed by atoms with E-state index in [1.807, 2.05) is 45.0 Å². The molecule has 0 bridgehead atoms. The van der Waals surface area contributed by atoms with Crippen LogP contribution in [0.4, 0.5) is 0 Å². The zero-order valence-electron chi connectivity index (χ0n) is 16.2. The highest BCUT2D eigenvalue weighted by Crippen LogP contribution is 2.31. The predicted molar refractivity (Wildman–Crippen MR) is 107 cm³/mol. The van der Waals surface area contributed by atoms with E-state index in [9.17, 15) is 4.79 Å². The number of rotatable bonds is 6. The normalized spacial score (nSPS) is 10.9. The SMILES string of the molecule is COc1ccc(OCCN(C)C(=O)c2sc3nc(C)nc(C)c3c2C)cc1. The quantitative estimate of drug-likeness (QED) is 0.646. The van der Waals surface area contributed by atoms with Crippen LogP contribution in [-0.2, 0) is 0 Å². The minimum absolute atomic E-state index is 0.0223. The van der Waals surface area contributed by atoms with Crippen molar-refractivity contribution < 1.29 is 14.3 Å². The third-order valence-electron chi connectivity index (χ3n) is 4.38. The maximum atomic E-state index is 12.9. The van der Waals surface area contributed by atoms with Gasteiger partial charge in [0.2, 0.25) is 0 Å². The van der Waals surface area contributed by atoms with Crippen molar-refractivity contribution in [1.29, 1.82) is 0 Å². The van der Waals surface area contributed by atoms with Crippen molar-refractivity contribution in [2.24, 2.45) is 0 Å². The maximum Gasteiger partial charge on any atom is 0.264 e.